The van der Waals surface area contributed by atoms with Crippen LogP contribution in [-0.4, -0.2) is 31.3 Å². The molecule has 0 saturated heterocycles. The summed E-state index contributed by atoms with van der Waals surface area (Å²) in [7, 11) is 1.68. The molecule has 0 aliphatic heterocycles. The van der Waals surface area contributed by atoms with E-state index in [-0.39, 0.29) is 6.61 Å². The van der Waals surface area contributed by atoms with Gasteiger partial charge in [-0.15, -0.1) is 0 Å². The van der Waals surface area contributed by atoms with E-state index in [0.29, 0.717) is 5.75 Å². The lowest BCUT2D eigenvalue weighted by molar-refractivity contribution is -0.139. The molecule has 5 nitrogen and oxygen atoms in total. The summed E-state index contributed by atoms with van der Waals surface area (Å²) in [5.74, 6) is 0.492. The van der Waals surface area contributed by atoms with Gasteiger partial charge in [-0.2, -0.15) is 0 Å². The van der Waals surface area contributed by atoms with Crippen LogP contribution in [0.15, 0.2) is 48.5 Å². The van der Waals surface area contributed by atoms with Gasteiger partial charge >= 0.3 is 5.97 Å². The van der Waals surface area contributed by atoms with Crippen molar-refractivity contribution in [1.29, 1.82) is 0 Å². The van der Waals surface area contributed by atoms with Crippen molar-refractivity contribution in [1.82, 2.24) is 5.32 Å². The average Bonchev–Trinajstić information content (AvgIpc) is 2.58. The summed E-state index contributed by atoms with van der Waals surface area (Å²) in [4.78, 5) is 10.4. The van der Waals surface area contributed by atoms with Crippen molar-refractivity contribution in [2.75, 3.05) is 20.3 Å². The molecule has 0 aliphatic carbocycles. The summed E-state index contributed by atoms with van der Waals surface area (Å²) in [5.41, 5.74) is 2.30. The molecule has 122 valence electrons. The molecule has 0 radical (unpaired) electrons. The molecule has 2 N–H and O–H groups in total. The zero-order valence-electron chi connectivity index (χ0n) is 13.1. The molecule has 0 atom stereocenters. The summed E-state index contributed by atoms with van der Waals surface area (Å²) < 4.78 is 10.4. The molecule has 0 bridgehead atoms. The Balaban J connectivity index is 1.74. The molecule has 0 fully saturated rings. The van der Waals surface area contributed by atoms with Crippen molar-refractivity contribution in [2.24, 2.45) is 0 Å². The van der Waals surface area contributed by atoms with Crippen LogP contribution in [0.5, 0.6) is 11.5 Å². The highest BCUT2D eigenvalue weighted by molar-refractivity contribution is 5.68. The van der Waals surface area contributed by atoms with Crippen LogP contribution in [0, 0.1) is 0 Å². The predicted molar refractivity (Wildman–Crippen MR) is 88.0 cm³/mol. The highest BCUT2D eigenvalue weighted by Crippen LogP contribution is 2.17. The Morgan fingerprint density at radius 3 is 2.57 bits per heavy atom. The van der Waals surface area contributed by atoms with Gasteiger partial charge in [0.2, 0.25) is 0 Å². The number of aliphatic carboxylic acids is 1. The first kappa shape index (κ1) is 16.8. The molecule has 2 aromatic carbocycles. The van der Waals surface area contributed by atoms with Gasteiger partial charge in [-0.05, 0) is 42.3 Å². The number of rotatable bonds is 9. The largest absolute Gasteiger partial charge is 0.496 e. The van der Waals surface area contributed by atoms with E-state index in [2.05, 4.69) is 11.4 Å². The normalized spacial score (nSPS) is 10.3. The van der Waals surface area contributed by atoms with Gasteiger partial charge in [-0.3, -0.25) is 0 Å². The van der Waals surface area contributed by atoms with Crippen molar-refractivity contribution in [3.05, 3.63) is 59.7 Å². The van der Waals surface area contributed by atoms with E-state index >= 15 is 0 Å². The van der Waals surface area contributed by atoms with Crippen LogP contribution in [0.1, 0.15) is 11.1 Å². The van der Waals surface area contributed by atoms with Crippen LogP contribution in [0.3, 0.4) is 0 Å². The molecule has 0 spiro atoms. The number of nitrogens with one attached hydrogen (secondary N) is 1. The van der Waals surface area contributed by atoms with Crippen LogP contribution in [0.2, 0.25) is 0 Å². The fraction of sp³-hybridized carbons (Fsp3) is 0.278. The molecule has 0 saturated carbocycles. The first-order valence-electron chi connectivity index (χ1n) is 7.45. The van der Waals surface area contributed by atoms with E-state index in [1.807, 2.05) is 30.3 Å². The first-order chi connectivity index (χ1) is 11.2. The van der Waals surface area contributed by atoms with E-state index in [0.717, 1.165) is 30.8 Å². The van der Waals surface area contributed by atoms with Crippen LogP contribution in [0.4, 0.5) is 0 Å². The molecule has 2 rings (SSSR count). The third kappa shape index (κ3) is 5.64. The Hall–Kier alpha value is -2.53. The lowest BCUT2D eigenvalue weighted by Crippen LogP contribution is -2.17. The van der Waals surface area contributed by atoms with Gasteiger partial charge in [0.15, 0.2) is 6.61 Å². The second kappa shape index (κ2) is 8.80. The van der Waals surface area contributed by atoms with Crippen molar-refractivity contribution in [2.45, 2.75) is 13.0 Å². The number of hydrogen-bond donors (Lipinski definition) is 2. The molecule has 5 heteroatoms. The Kier molecular flexibility index (Phi) is 6.44. The van der Waals surface area contributed by atoms with Crippen LogP contribution < -0.4 is 14.8 Å². The number of para-hydroxylation sites is 1. The molecule has 0 heterocycles. The Bertz CT molecular complexity index is 625. The maximum absolute atomic E-state index is 10.4. The fourth-order valence-corrected chi connectivity index (χ4v) is 2.21. The third-order valence-corrected chi connectivity index (χ3v) is 3.38. The Labute approximate surface area is 135 Å². The number of methoxy groups -OCH3 is 1. The van der Waals surface area contributed by atoms with E-state index in [1.165, 1.54) is 5.56 Å². The van der Waals surface area contributed by atoms with Gasteiger partial charge in [0.1, 0.15) is 11.5 Å². The average molecular weight is 315 g/mol. The monoisotopic (exact) mass is 315 g/mol. The summed E-state index contributed by atoms with van der Waals surface area (Å²) in [6.45, 7) is 1.27. The van der Waals surface area contributed by atoms with Gasteiger partial charge in [-0.1, -0.05) is 30.3 Å². The summed E-state index contributed by atoms with van der Waals surface area (Å²) in [6, 6.07) is 15.4. The number of benzene rings is 2. The van der Waals surface area contributed by atoms with Crippen molar-refractivity contribution in [3.63, 3.8) is 0 Å². The number of carboxylic acid groups (broad SMARTS) is 1. The van der Waals surface area contributed by atoms with Crippen molar-refractivity contribution in [3.8, 4) is 11.5 Å². The van der Waals surface area contributed by atoms with Gasteiger partial charge in [0.05, 0.1) is 7.11 Å². The second-order valence-corrected chi connectivity index (χ2v) is 5.06. The van der Waals surface area contributed by atoms with E-state index in [1.54, 1.807) is 19.2 Å². The maximum Gasteiger partial charge on any atom is 0.341 e. The van der Waals surface area contributed by atoms with Crippen molar-refractivity contribution < 1.29 is 19.4 Å². The predicted octanol–water partition coefficient (Wildman–Crippen LogP) is 2.49. The highest BCUT2D eigenvalue weighted by Gasteiger charge is 2.02. The Morgan fingerprint density at radius 1 is 1.13 bits per heavy atom. The minimum Gasteiger partial charge on any atom is -0.496 e. The zero-order chi connectivity index (χ0) is 16.5. The van der Waals surface area contributed by atoms with Gasteiger partial charge in [0.25, 0.3) is 0 Å². The molecule has 23 heavy (non-hydrogen) atoms. The first-order valence-corrected chi connectivity index (χ1v) is 7.45. The van der Waals surface area contributed by atoms with Crippen molar-refractivity contribution >= 4 is 5.97 Å². The molecule has 0 unspecified atom stereocenters. The number of ether oxygens (including phenoxy) is 2. The van der Waals surface area contributed by atoms with E-state index in [9.17, 15) is 4.79 Å². The minimum atomic E-state index is -0.980. The summed E-state index contributed by atoms with van der Waals surface area (Å²) >= 11 is 0. The third-order valence-electron chi connectivity index (χ3n) is 3.38. The number of hydrogen-bond acceptors (Lipinski definition) is 4. The SMILES string of the molecule is COc1ccccc1CCNCc1ccc(OCC(=O)O)cc1. The van der Waals surface area contributed by atoms with Crippen LogP contribution in [0.25, 0.3) is 0 Å². The lowest BCUT2D eigenvalue weighted by Gasteiger charge is -2.09. The van der Waals surface area contributed by atoms with E-state index < -0.39 is 5.97 Å². The topological polar surface area (TPSA) is 67.8 Å². The van der Waals surface area contributed by atoms with E-state index in [4.69, 9.17) is 14.6 Å². The summed E-state index contributed by atoms with van der Waals surface area (Å²) in [5, 5.41) is 11.9. The van der Waals surface area contributed by atoms with Crippen LogP contribution >= 0.6 is 0 Å². The molecular weight excluding hydrogens is 294 g/mol. The number of carbonyl (C=O) groups is 1. The molecule has 0 amide bonds. The molecular formula is C18H21NO4. The minimum absolute atomic E-state index is 0.323. The smallest absolute Gasteiger partial charge is 0.341 e. The summed E-state index contributed by atoms with van der Waals surface area (Å²) in [6.07, 6.45) is 0.893. The Morgan fingerprint density at radius 2 is 1.87 bits per heavy atom. The van der Waals surface area contributed by atoms with Gasteiger partial charge < -0.3 is 19.9 Å². The standard InChI is InChI=1S/C18H21NO4/c1-22-17-5-3-2-4-15(17)10-11-19-12-14-6-8-16(9-7-14)23-13-18(20)21/h2-9,19H,10-13H2,1H3,(H,20,21). The van der Waals surface area contributed by atoms with Gasteiger partial charge in [-0.25, -0.2) is 4.79 Å². The quantitative estimate of drug-likeness (QED) is 0.696. The number of carboxylic acids is 1. The molecule has 0 aliphatic rings. The van der Waals surface area contributed by atoms with Gasteiger partial charge in [0, 0.05) is 6.54 Å². The van der Waals surface area contributed by atoms with Crippen LogP contribution in [-0.2, 0) is 17.8 Å². The highest BCUT2D eigenvalue weighted by atomic mass is 16.5. The molecule has 2 aromatic rings. The lowest BCUT2D eigenvalue weighted by atomic mass is 10.1. The maximum atomic E-state index is 10.4. The molecule has 0 aromatic heterocycles. The fourth-order valence-electron chi connectivity index (χ4n) is 2.21. The zero-order valence-corrected chi connectivity index (χ0v) is 13.1. The second-order valence-electron chi connectivity index (χ2n) is 5.06.